The molecule has 0 aliphatic carbocycles. The molecule has 6 heteroatoms. The Labute approximate surface area is 190 Å². The minimum absolute atomic E-state index is 0.560. The molecule has 6 nitrogen and oxygen atoms in total. The number of rotatable bonds is 5. The Kier molecular flexibility index (Phi) is 4.73. The van der Waals surface area contributed by atoms with Crippen LogP contribution in [0.15, 0.2) is 102 Å². The number of anilines is 1. The van der Waals surface area contributed by atoms with Gasteiger partial charge in [-0.1, -0.05) is 30.3 Å². The van der Waals surface area contributed by atoms with Gasteiger partial charge < -0.3 is 9.73 Å². The van der Waals surface area contributed by atoms with Gasteiger partial charge in [-0.2, -0.15) is 0 Å². The van der Waals surface area contributed by atoms with Gasteiger partial charge in [0.15, 0.2) is 5.82 Å². The summed E-state index contributed by atoms with van der Waals surface area (Å²) in [6, 6.07) is 25.9. The molecule has 6 rings (SSSR count). The summed E-state index contributed by atoms with van der Waals surface area (Å²) in [5.41, 5.74) is 4.44. The largest absolute Gasteiger partial charge is 0.456 e. The van der Waals surface area contributed by atoms with E-state index in [0.717, 1.165) is 50.3 Å². The summed E-state index contributed by atoms with van der Waals surface area (Å²) in [5, 5.41) is 5.44. The molecule has 4 heterocycles. The quantitative estimate of drug-likeness (QED) is 0.356. The molecule has 0 spiro atoms. The molecule has 0 bridgehead atoms. The fraction of sp³-hybridized carbons (Fsp3) is 0.0370. The van der Waals surface area contributed by atoms with E-state index < -0.39 is 0 Å². The maximum atomic E-state index is 6.08. The third kappa shape index (κ3) is 3.78. The summed E-state index contributed by atoms with van der Waals surface area (Å²) >= 11 is 0. The second-order valence-corrected chi connectivity index (χ2v) is 7.69. The monoisotopic (exact) mass is 429 g/mol. The molecule has 0 fully saturated rings. The molecule has 0 amide bonds. The summed E-state index contributed by atoms with van der Waals surface area (Å²) in [5.74, 6) is 2.17. The zero-order valence-corrected chi connectivity index (χ0v) is 17.6. The molecular weight excluding hydrogens is 410 g/mol. The van der Waals surface area contributed by atoms with Crippen molar-refractivity contribution in [2.45, 2.75) is 6.54 Å². The predicted molar refractivity (Wildman–Crippen MR) is 130 cm³/mol. The minimum atomic E-state index is 0.560. The molecule has 0 saturated carbocycles. The Hall–Kier alpha value is -4.58. The van der Waals surface area contributed by atoms with Gasteiger partial charge in [-0.05, 0) is 48.5 Å². The molecule has 6 aromatic rings. The lowest BCUT2D eigenvalue weighted by atomic mass is 10.1. The second-order valence-electron chi connectivity index (χ2n) is 7.69. The average Bonchev–Trinajstić information content (AvgIpc) is 3.32. The van der Waals surface area contributed by atoms with E-state index in [1.54, 1.807) is 18.6 Å². The van der Waals surface area contributed by atoms with E-state index in [9.17, 15) is 0 Å². The first-order chi connectivity index (χ1) is 16.3. The zero-order valence-electron chi connectivity index (χ0n) is 17.6. The topological polar surface area (TPSA) is 76.7 Å². The number of nitrogens with one attached hydrogen (secondary N) is 1. The number of furan rings is 1. The van der Waals surface area contributed by atoms with Gasteiger partial charge in [0.05, 0.1) is 17.8 Å². The predicted octanol–water partition coefficient (Wildman–Crippen LogP) is 6.11. The van der Waals surface area contributed by atoms with E-state index in [1.807, 2.05) is 72.8 Å². The van der Waals surface area contributed by atoms with Crippen molar-refractivity contribution < 1.29 is 4.42 Å². The lowest BCUT2D eigenvalue weighted by Crippen LogP contribution is -2.05. The van der Waals surface area contributed by atoms with Crippen molar-refractivity contribution in [3.63, 3.8) is 0 Å². The first-order valence-electron chi connectivity index (χ1n) is 10.7. The standard InChI is InChI=1S/C27H19N5O/c1-2-9-24-18(6-1)15-25(33-24)19-10-11-22-23(14-19)31-26(20-7-5-12-28-16-20)32-27(22)30-17-21-8-3-4-13-29-21/h1-16H,17H2,(H,30,31,32). The van der Waals surface area contributed by atoms with Gasteiger partial charge in [-0.3, -0.25) is 9.97 Å². The number of pyridine rings is 2. The van der Waals surface area contributed by atoms with Crippen LogP contribution in [-0.2, 0) is 6.54 Å². The Balaban J connectivity index is 1.46. The van der Waals surface area contributed by atoms with E-state index in [4.69, 9.17) is 14.4 Å². The van der Waals surface area contributed by atoms with E-state index in [2.05, 4.69) is 21.4 Å². The second kappa shape index (κ2) is 8.16. The highest BCUT2D eigenvalue weighted by Gasteiger charge is 2.13. The summed E-state index contributed by atoms with van der Waals surface area (Å²) in [4.78, 5) is 18.3. The van der Waals surface area contributed by atoms with E-state index in [-0.39, 0.29) is 0 Å². The molecule has 4 aromatic heterocycles. The highest BCUT2D eigenvalue weighted by molar-refractivity contribution is 5.94. The van der Waals surface area contributed by atoms with Gasteiger partial charge in [0.25, 0.3) is 0 Å². The summed E-state index contributed by atoms with van der Waals surface area (Å²) in [6.07, 6.45) is 5.30. The van der Waals surface area contributed by atoms with Crippen LogP contribution in [0.4, 0.5) is 5.82 Å². The minimum Gasteiger partial charge on any atom is -0.456 e. The van der Waals surface area contributed by atoms with Crippen LogP contribution < -0.4 is 5.32 Å². The summed E-state index contributed by atoms with van der Waals surface area (Å²) in [7, 11) is 0. The maximum Gasteiger partial charge on any atom is 0.163 e. The fourth-order valence-corrected chi connectivity index (χ4v) is 3.84. The van der Waals surface area contributed by atoms with E-state index in [0.29, 0.717) is 12.4 Å². The van der Waals surface area contributed by atoms with Crippen molar-refractivity contribution in [1.82, 2.24) is 19.9 Å². The normalized spacial score (nSPS) is 11.2. The van der Waals surface area contributed by atoms with Crippen molar-refractivity contribution >= 4 is 27.7 Å². The van der Waals surface area contributed by atoms with Crippen molar-refractivity contribution in [2.24, 2.45) is 0 Å². The van der Waals surface area contributed by atoms with Gasteiger partial charge in [-0.25, -0.2) is 9.97 Å². The molecule has 158 valence electrons. The Morgan fingerprint density at radius 3 is 2.58 bits per heavy atom. The van der Waals surface area contributed by atoms with E-state index >= 15 is 0 Å². The van der Waals surface area contributed by atoms with Gasteiger partial charge >= 0.3 is 0 Å². The van der Waals surface area contributed by atoms with Gasteiger partial charge in [-0.15, -0.1) is 0 Å². The molecule has 0 atom stereocenters. The van der Waals surface area contributed by atoms with Crippen molar-refractivity contribution in [2.75, 3.05) is 5.32 Å². The van der Waals surface area contributed by atoms with Crippen LogP contribution in [0.25, 0.3) is 44.6 Å². The third-order valence-corrected chi connectivity index (χ3v) is 5.49. The number of benzene rings is 2. The van der Waals surface area contributed by atoms with Crippen LogP contribution >= 0.6 is 0 Å². The molecule has 1 N–H and O–H groups in total. The molecule has 0 saturated heterocycles. The Bertz CT molecular complexity index is 1530. The Morgan fingerprint density at radius 2 is 1.73 bits per heavy atom. The smallest absolute Gasteiger partial charge is 0.163 e. The van der Waals surface area contributed by atoms with Crippen LogP contribution in [-0.4, -0.2) is 19.9 Å². The molecular formula is C27H19N5O. The van der Waals surface area contributed by atoms with Crippen molar-refractivity contribution in [3.8, 4) is 22.7 Å². The highest BCUT2D eigenvalue weighted by atomic mass is 16.3. The number of fused-ring (bicyclic) bond motifs is 2. The third-order valence-electron chi connectivity index (χ3n) is 5.49. The van der Waals surface area contributed by atoms with Crippen molar-refractivity contribution in [1.29, 1.82) is 0 Å². The van der Waals surface area contributed by atoms with Crippen LogP contribution in [0.3, 0.4) is 0 Å². The number of hydrogen-bond acceptors (Lipinski definition) is 6. The van der Waals surface area contributed by atoms with Crippen LogP contribution in [0.2, 0.25) is 0 Å². The van der Waals surface area contributed by atoms with Gasteiger partial charge in [0, 0.05) is 40.5 Å². The molecule has 0 radical (unpaired) electrons. The Morgan fingerprint density at radius 1 is 0.788 bits per heavy atom. The zero-order chi connectivity index (χ0) is 22.0. The average molecular weight is 429 g/mol. The van der Waals surface area contributed by atoms with Crippen LogP contribution in [0, 0.1) is 0 Å². The van der Waals surface area contributed by atoms with Gasteiger partial charge in [0.1, 0.15) is 17.2 Å². The van der Waals surface area contributed by atoms with Gasteiger partial charge in [0.2, 0.25) is 0 Å². The number of para-hydroxylation sites is 1. The van der Waals surface area contributed by atoms with Crippen LogP contribution in [0.5, 0.6) is 0 Å². The molecule has 0 unspecified atom stereocenters. The first kappa shape index (κ1) is 19.1. The number of hydrogen-bond donors (Lipinski definition) is 1. The fourth-order valence-electron chi connectivity index (χ4n) is 3.84. The SMILES string of the molecule is c1ccc(CNc2nc(-c3cccnc3)nc3cc(-c4cc5ccccc5o4)ccc23)nc1. The maximum absolute atomic E-state index is 6.08. The molecule has 0 aliphatic rings. The molecule has 33 heavy (non-hydrogen) atoms. The summed E-state index contributed by atoms with van der Waals surface area (Å²) < 4.78 is 6.08. The number of aromatic nitrogens is 4. The van der Waals surface area contributed by atoms with E-state index in [1.165, 1.54) is 0 Å². The molecule has 2 aromatic carbocycles. The van der Waals surface area contributed by atoms with Crippen molar-refractivity contribution in [3.05, 3.63) is 103 Å². The highest BCUT2D eigenvalue weighted by Crippen LogP contribution is 2.32. The summed E-state index contributed by atoms with van der Waals surface area (Å²) in [6.45, 7) is 0.560. The first-order valence-corrected chi connectivity index (χ1v) is 10.7. The lowest BCUT2D eigenvalue weighted by molar-refractivity contribution is 0.631. The number of nitrogens with zero attached hydrogens (tertiary/aromatic N) is 4. The lowest BCUT2D eigenvalue weighted by Gasteiger charge is -2.11. The van der Waals surface area contributed by atoms with Crippen LogP contribution in [0.1, 0.15) is 5.69 Å². The molecule has 0 aliphatic heterocycles.